The number of nitrogens with two attached hydrogens (primary N) is 1. The van der Waals surface area contributed by atoms with Crippen LogP contribution in [0.5, 0.6) is 0 Å². The van der Waals surface area contributed by atoms with Crippen molar-refractivity contribution in [1.82, 2.24) is 9.88 Å². The van der Waals surface area contributed by atoms with Gasteiger partial charge in [-0.1, -0.05) is 20.8 Å². The molecule has 0 atom stereocenters. The monoisotopic (exact) mass is 291 g/mol. The second-order valence-electron chi connectivity index (χ2n) is 7.24. The molecule has 0 aromatic carbocycles. The van der Waals surface area contributed by atoms with Gasteiger partial charge in [0.2, 0.25) is 0 Å². The van der Waals surface area contributed by atoms with Gasteiger partial charge in [-0.25, -0.2) is 4.98 Å². The predicted molar refractivity (Wildman–Crippen MR) is 83.3 cm³/mol. The van der Waals surface area contributed by atoms with Gasteiger partial charge in [0.25, 0.3) is 5.91 Å². The minimum atomic E-state index is -0.310. The van der Waals surface area contributed by atoms with E-state index >= 15 is 0 Å². The first kappa shape index (κ1) is 15.8. The number of carbonyl (C=O) groups is 1. The lowest BCUT2D eigenvalue weighted by molar-refractivity contribution is -0.0370. The van der Waals surface area contributed by atoms with Gasteiger partial charge in [0, 0.05) is 23.2 Å². The number of hydrogen-bond acceptors (Lipinski definition) is 4. The van der Waals surface area contributed by atoms with Gasteiger partial charge in [-0.15, -0.1) is 0 Å². The minimum Gasteiger partial charge on any atom is -0.384 e. The molecule has 1 aliphatic rings. The van der Waals surface area contributed by atoms with E-state index in [0.29, 0.717) is 31.1 Å². The zero-order valence-electron chi connectivity index (χ0n) is 13.6. The van der Waals surface area contributed by atoms with Crippen molar-refractivity contribution in [1.29, 1.82) is 0 Å². The summed E-state index contributed by atoms with van der Waals surface area (Å²) >= 11 is 0. The van der Waals surface area contributed by atoms with Crippen molar-refractivity contribution in [3.63, 3.8) is 0 Å². The van der Waals surface area contributed by atoms with Gasteiger partial charge in [0.1, 0.15) is 5.82 Å². The molecule has 0 saturated carbocycles. The summed E-state index contributed by atoms with van der Waals surface area (Å²) in [4.78, 5) is 19.0. The number of hydrogen-bond donors (Lipinski definition) is 1. The molecule has 1 aromatic heterocycles. The summed E-state index contributed by atoms with van der Waals surface area (Å²) in [6.07, 6.45) is 0. The highest BCUT2D eigenvalue weighted by atomic mass is 16.5. The molecule has 2 rings (SSSR count). The van der Waals surface area contributed by atoms with Crippen LogP contribution in [-0.2, 0) is 10.2 Å². The lowest BCUT2D eigenvalue weighted by atomic mass is 9.90. The summed E-state index contributed by atoms with van der Waals surface area (Å²) in [5, 5.41) is 0. The van der Waals surface area contributed by atoms with E-state index in [1.807, 2.05) is 24.8 Å². The molecule has 1 aromatic rings. The molecule has 0 radical (unpaired) electrons. The van der Waals surface area contributed by atoms with Crippen LogP contribution in [0.1, 0.15) is 50.7 Å². The Morgan fingerprint density at radius 1 is 1.38 bits per heavy atom. The number of ether oxygens (including phenoxy) is 1. The zero-order chi connectivity index (χ0) is 15.8. The second kappa shape index (κ2) is 5.30. The lowest BCUT2D eigenvalue weighted by Gasteiger charge is -2.42. The van der Waals surface area contributed by atoms with Crippen molar-refractivity contribution in [3.8, 4) is 0 Å². The van der Waals surface area contributed by atoms with Crippen molar-refractivity contribution in [3.05, 3.63) is 23.4 Å². The highest BCUT2D eigenvalue weighted by molar-refractivity contribution is 5.95. The Labute approximate surface area is 126 Å². The largest absolute Gasteiger partial charge is 0.384 e. The fourth-order valence-electron chi connectivity index (χ4n) is 2.45. The van der Waals surface area contributed by atoms with E-state index in [9.17, 15) is 4.79 Å². The van der Waals surface area contributed by atoms with Crippen LogP contribution in [0, 0.1) is 0 Å². The first-order valence-electron chi connectivity index (χ1n) is 7.29. The number of nitrogens with zero attached hydrogens (tertiary/aromatic N) is 2. The van der Waals surface area contributed by atoms with Crippen LogP contribution in [0.25, 0.3) is 0 Å². The third-order valence-corrected chi connectivity index (χ3v) is 3.75. The van der Waals surface area contributed by atoms with Crippen molar-refractivity contribution in [2.45, 2.75) is 45.6 Å². The van der Waals surface area contributed by atoms with Crippen LogP contribution in [0.2, 0.25) is 0 Å². The number of morpholine rings is 1. The molecule has 5 nitrogen and oxygen atoms in total. The maximum absolute atomic E-state index is 12.8. The first-order valence-corrected chi connectivity index (χ1v) is 7.29. The van der Waals surface area contributed by atoms with E-state index in [1.165, 1.54) is 0 Å². The molecule has 0 bridgehead atoms. The van der Waals surface area contributed by atoms with Crippen LogP contribution < -0.4 is 5.73 Å². The Morgan fingerprint density at radius 3 is 2.62 bits per heavy atom. The maximum Gasteiger partial charge on any atom is 0.254 e. The van der Waals surface area contributed by atoms with Gasteiger partial charge in [0.15, 0.2) is 0 Å². The molecule has 5 heteroatoms. The van der Waals surface area contributed by atoms with E-state index in [0.717, 1.165) is 5.69 Å². The Balaban J connectivity index is 2.37. The minimum absolute atomic E-state index is 0.0112. The number of amides is 1. The summed E-state index contributed by atoms with van der Waals surface area (Å²) in [7, 11) is 0. The molecule has 1 saturated heterocycles. The highest BCUT2D eigenvalue weighted by Gasteiger charge is 2.35. The average molecular weight is 291 g/mol. The van der Waals surface area contributed by atoms with Crippen LogP contribution >= 0.6 is 0 Å². The number of anilines is 1. The van der Waals surface area contributed by atoms with E-state index < -0.39 is 0 Å². The van der Waals surface area contributed by atoms with E-state index in [4.69, 9.17) is 10.5 Å². The van der Waals surface area contributed by atoms with Crippen LogP contribution in [0.15, 0.2) is 12.1 Å². The smallest absolute Gasteiger partial charge is 0.254 e. The van der Waals surface area contributed by atoms with E-state index in [2.05, 4.69) is 25.8 Å². The summed E-state index contributed by atoms with van der Waals surface area (Å²) < 4.78 is 5.47. The third-order valence-electron chi connectivity index (χ3n) is 3.75. The normalized spacial score (nSPS) is 18.6. The molecule has 0 unspecified atom stereocenters. The molecule has 116 valence electrons. The van der Waals surface area contributed by atoms with Crippen molar-refractivity contribution >= 4 is 11.7 Å². The first-order chi connectivity index (χ1) is 9.61. The highest BCUT2D eigenvalue weighted by Crippen LogP contribution is 2.26. The third kappa shape index (κ3) is 3.35. The summed E-state index contributed by atoms with van der Waals surface area (Å²) in [6, 6.07) is 3.51. The Bertz CT molecular complexity index is 547. The SMILES string of the molecule is CC(C)(C)c1cc(C(=O)N2CCOCC2(C)C)cc(N)n1. The number of pyridine rings is 1. The summed E-state index contributed by atoms with van der Waals surface area (Å²) in [5.41, 5.74) is 6.86. The fourth-order valence-corrected chi connectivity index (χ4v) is 2.45. The summed E-state index contributed by atoms with van der Waals surface area (Å²) in [5.74, 6) is 0.375. The van der Waals surface area contributed by atoms with Gasteiger partial charge >= 0.3 is 0 Å². The zero-order valence-corrected chi connectivity index (χ0v) is 13.6. The van der Waals surface area contributed by atoms with Gasteiger partial charge in [-0.3, -0.25) is 4.79 Å². The Kier molecular flexibility index (Phi) is 3.97. The predicted octanol–water partition coefficient (Wildman–Crippen LogP) is 2.21. The van der Waals surface area contributed by atoms with Gasteiger partial charge in [-0.05, 0) is 26.0 Å². The topological polar surface area (TPSA) is 68.5 Å². The molecule has 2 heterocycles. The van der Waals surface area contributed by atoms with E-state index in [1.54, 1.807) is 6.07 Å². The lowest BCUT2D eigenvalue weighted by Crippen LogP contribution is -2.55. The number of aromatic nitrogens is 1. The molecule has 1 amide bonds. The molecule has 2 N–H and O–H groups in total. The van der Waals surface area contributed by atoms with Gasteiger partial charge in [0.05, 0.1) is 18.8 Å². The standard InChI is InChI=1S/C16H25N3O2/c1-15(2,3)12-8-11(9-13(17)18-12)14(20)19-6-7-21-10-16(19,4)5/h8-9H,6-7,10H2,1-5H3,(H2,17,18). The molecule has 1 fully saturated rings. The molecular weight excluding hydrogens is 266 g/mol. The van der Waals surface area contributed by atoms with E-state index in [-0.39, 0.29) is 16.9 Å². The van der Waals surface area contributed by atoms with Crippen LogP contribution in [0.4, 0.5) is 5.82 Å². The van der Waals surface area contributed by atoms with Crippen molar-refractivity contribution in [2.24, 2.45) is 0 Å². The maximum atomic E-state index is 12.8. The number of rotatable bonds is 1. The Morgan fingerprint density at radius 2 is 2.05 bits per heavy atom. The summed E-state index contributed by atoms with van der Waals surface area (Å²) in [6.45, 7) is 11.9. The van der Waals surface area contributed by atoms with Crippen LogP contribution in [0.3, 0.4) is 0 Å². The quantitative estimate of drug-likeness (QED) is 0.861. The number of carbonyl (C=O) groups excluding carboxylic acids is 1. The molecular formula is C16H25N3O2. The van der Waals surface area contributed by atoms with Gasteiger partial charge in [-0.2, -0.15) is 0 Å². The molecule has 0 aliphatic carbocycles. The van der Waals surface area contributed by atoms with Gasteiger partial charge < -0.3 is 15.4 Å². The van der Waals surface area contributed by atoms with Crippen LogP contribution in [-0.4, -0.2) is 41.1 Å². The van der Waals surface area contributed by atoms with Crippen molar-refractivity contribution in [2.75, 3.05) is 25.5 Å². The molecule has 0 spiro atoms. The average Bonchev–Trinajstić information content (AvgIpc) is 2.35. The van der Waals surface area contributed by atoms with Crippen molar-refractivity contribution < 1.29 is 9.53 Å². The fraction of sp³-hybridized carbons (Fsp3) is 0.625. The Hall–Kier alpha value is -1.62. The molecule has 1 aliphatic heterocycles. The number of nitrogen functional groups attached to an aromatic ring is 1. The second-order valence-corrected chi connectivity index (χ2v) is 7.24. The molecule has 21 heavy (non-hydrogen) atoms.